The van der Waals surface area contributed by atoms with E-state index in [1.165, 1.54) is 31.5 Å². The van der Waals surface area contributed by atoms with E-state index in [1.54, 1.807) is 0 Å². The molecule has 1 fully saturated rings. The highest BCUT2D eigenvalue weighted by molar-refractivity contribution is 5.94. The zero-order valence-electron chi connectivity index (χ0n) is 13.0. The van der Waals surface area contributed by atoms with Crippen LogP contribution in [0.3, 0.4) is 0 Å². The second-order valence-corrected chi connectivity index (χ2v) is 5.69. The van der Waals surface area contributed by atoms with Crippen molar-refractivity contribution < 1.29 is 4.79 Å². The molecule has 0 unspecified atom stereocenters. The molecule has 0 bridgehead atoms. The molecule has 2 rings (SSSR count). The summed E-state index contributed by atoms with van der Waals surface area (Å²) in [5, 5.41) is 6.24. The summed E-state index contributed by atoms with van der Waals surface area (Å²) >= 11 is 0. The maximum absolute atomic E-state index is 12.1. The molecule has 1 aliphatic rings. The van der Waals surface area contributed by atoms with E-state index in [-0.39, 0.29) is 5.91 Å². The lowest BCUT2D eigenvalue weighted by atomic mass is 10.1. The zero-order chi connectivity index (χ0) is 14.9. The fraction of sp³-hybridized carbons (Fsp3) is 0.588. The van der Waals surface area contributed by atoms with Gasteiger partial charge < -0.3 is 10.6 Å². The zero-order valence-corrected chi connectivity index (χ0v) is 13.0. The van der Waals surface area contributed by atoms with Crippen LogP contribution in [0.2, 0.25) is 0 Å². The van der Waals surface area contributed by atoms with E-state index >= 15 is 0 Å². The van der Waals surface area contributed by atoms with Crippen molar-refractivity contribution in [2.24, 2.45) is 0 Å². The first kappa shape index (κ1) is 16.0. The van der Waals surface area contributed by atoms with Crippen LogP contribution >= 0.6 is 0 Å². The number of benzene rings is 1. The van der Waals surface area contributed by atoms with E-state index in [2.05, 4.69) is 28.5 Å². The molecule has 0 spiro atoms. The molecule has 0 aromatic heterocycles. The maximum atomic E-state index is 12.1. The highest BCUT2D eigenvalue weighted by atomic mass is 16.1. The number of carbonyl (C=O) groups is 1. The van der Waals surface area contributed by atoms with Gasteiger partial charge in [-0.1, -0.05) is 19.1 Å². The number of likely N-dealkylation sites (tertiary alicyclic amines) is 1. The van der Waals surface area contributed by atoms with Crippen molar-refractivity contribution in [3.8, 4) is 0 Å². The summed E-state index contributed by atoms with van der Waals surface area (Å²) in [5.74, 6) is 0.0246. The Morgan fingerprint density at radius 1 is 1.19 bits per heavy atom. The van der Waals surface area contributed by atoms with Crippen LogP contribution in [-0.2, 0) is 6.54 Å². The molecule has 1 saturated heterocycles. The number of carbonyl (C=O) groups excluding carboxylic acids is 1. The summed E-state index contributed by atoms with van der Waals surface area (Å²) in [6, 6.07) is 8.00. The Kier molecular flexibility index (Phi) is 6.70. The highest BCUT2D eigenvalue weighted by Crippen LogP contribution is 2.13. The highest BCUT2D eigenvalue weighted by Gasteiger charge is 2.12. The van der Waals surface area contributed by atoms with Crippen molar-refractivity contribution in [1.82, 2.24) is 15.5 Å². The first-order chi connectivity index (χ1) is 10.3. The van der Waals surface area contributed by atoms with Gasteiger partial charge in [0.15, 0.2) is 0 Å². The van der Waals surface area contributed by atoms with E-state index in [0.717, 1.165) is 31.6 Å². The topological polar surface area (TPSA) is 44.4 Å². The molecular formula is C17H27N3O. The summed E-state index contributed by atoms with van der Waals surface area (Å²) in [6.07, 6.45) is 3.71. The Labute approximate surface area is 127 Å². The quantitative estimate of drug-likeness (QED) is 0.720. The average molecular weight is 289 g/mol. The van der Waals surface area contributed by atoms with Gasteiger partial charge in [0.1, 0.15) is 0 Å². The molecule has 21 heavy (non-hydrogen) atoms. The van der Waals surface area contributed by atoms with Crippen LogP contribution in [-0.4, -0.2) is 43.5 Å². The van der Waals surface area contributed by atoms with Gasteiger partial charge in [0.2, 0.25) is 0 Å². The summed E-state index contributed by atoms with van der Waals surface area (Å²) in [5.41, 5.74) is 2.00. The first-order valence-corrected chi connectivity index (χ1v) is 8.10. The van der Waals surface area contributed by atoms with Crippen molar-refractivity contribution in [2.45, 2.75) is 32.7 Å². The molecule has 0 aliphatic carbocycles. The van der Waals surface area contributed by atoms with Gasteiger partial charge >= 0.3 is 0 Å². The van der Waals surface area contributed by atoms with E-state index in [1.807, 2.05) is 18.2 Å². The molecule has 0 saturated carbocycles. The molecule has 1 amide bonds. The fourth-order valence-corrected chi connectivity index (χ4v) is 2.68. The molecular weight excluding hydrogens is 262 g/mol. The molecule has 116 valence electrons. The summed E-state index contributed by atoms with van der Waals surface area (Å²) in [7, 11) is 0. The third-order valence-electron chi connectivity index (χ3n) is 3.81. The van der Waals surface area contributed by atoms with E-state index in [9.17, 15) is 4.79 Å². The van der Waals surface area contributed by atoms with Gasteiger partial charge in [-0.05, 0) is 56.6 Å². The predicted octanol–water partition coefficient (Wildman–Crippen LogP) is 2.01. The lowest BCUT2D eigenvalue weighted by Gasteiger charge is -2.15. The number of amides is 1. The molecule has 4 nitrogen and oxygen atoms in total. The van der Waals surface area contributed by atoms with Crippen LogP contribution in [0.25, 0.3) is 0 Å². The number of hydrogen-bond acceptors (Lipinski definition) is 3. The van der Waals surface area contributed by atoms with Crippen LogP contribution < -0.4 is 10.6 Å². The second-order valence-electron chi connectivity index (χ2n) is 5.69. The molecule has 2 N–H and O–H groups in total. The van der Waals surface area contributed by atoms with E-state index < -0.39 is 0 Å². The summed E-state index contributed by atoms with van der Waals surface area (Å²) in [4.78, 5) is 14.6. The van der Waals surface area contributed by atoms with Gasteiger partial charge in [-0.15, -0.1) is 0 Å². The predicted molar refractivity (Wildman–Crippen MR) is 86.4 cm³/mol. The normalized spacial score (nSPS) is 15.3. The Morgan fingerprint density at radius 3 is 2.76 bits per heavy atom. The van der Waals surface area contributed by atoms with Crippen LogP contribution in [0, 0.1) is 0 Å². The van der Waals surface area contributed by atoms with Crippen molar-refractivity contribution in [3.05, 3.63) is 35.4 Å². The summed E-state index contributed by atoms with van der Waals surface area (Å²) in [6.45, 7) is 7.96. The van der Waals surface area contributed by atoms with Crippen LogP contribution in [0.1, 0.15) is 42.1 Å². The van der Waals surface area contributed by atoms with Gasteiger partial charge in [-0.3, -0.25) is 9.69 Å². The smallest absolute Gasteiger partial charge is 0.251 e. The number of nitrogens with zero attached hydrogens (tertiary/aromatic N) is 1. The monoisotopic (exact) mass is 289 g/mol. The van der Waals surface area contributed by atoms with Crippen molar-refractivity contribution in [2.75, 3.05) is 32.7 Å². The molecule has 0 atom stereocenters. The van der Waals surface area contributed by atoms with Crippen molar-refractivity contribution >= 4 is 5.91 Å². The Morgan fingerprint density at radius 2 is 2.00 bits per heavy atom. The third kappa shape index (κ3) is 5.48. The minimum absolute atomic E-state index is 0.0246. The molecule has 1 aromatic rings. The lowest BCUT2D eigenvalue weighted by Crippen LogP contribution is -2.32. The number of nitrogens with one attached hydrogen (secondary N) is 2. The minimum Gasteiger partial charge on any atom is -0.351 e. The Bertz CT molecular complexity index is 441. The van der Waals surface area contributed by atoms with Crippen LogP contribution in [0.5, 0.6) is 0 Å². The maximum Gasteiger partial charge on any atom is 0.251 e. The molecule has 0 radical (unpaired) electrons. The standard InChI is InChI=1S/C17H27N3O/c1-2-8-18-9-10-19-17(21)16-7-5-6-15(13-16)14-20-11-3-4-12-20/h5-7,13,18H,2-4,8-12,14H2,1H3,(H,19,21). The lowest BCUT2D eigenvalue weighted by molar-refractivity contribution is 0.0954. The van der Waals surface area contributed by atoms with Gasteiger partial charge in [0, 0.05) is 25.2 Å². The Hall–Kier alpha value is -1.39. The first-order valence-electron chi connectivity index (χ1n) is 8.10. The van der Waals surface area contributed by atoms with Gasteiger partial charge in [0.25, 0.3) is 5.91 Å². The van der Waals surface area contributed by atoms with Gasteiger partial charge in [0.05, 0.1) is 0 Å². The summed E-state index contributed by atoms with van der Waals surface area (Å²) < 4.78 is 0. The Balaban J connectivity index is 1.80. The van der Waals surface area contributed by atoms with Gasteiger partial charge in [-0.2, -0.15) is 0 Å². The largest absolute Gasteiger partial charge is 0.351 e. The van der Waals surface area contributed by atoms with Crippen LogP contribution in [0.4, 0.5) is 0 Å². The fourth-order valence-electron chi connectivity index (χ4n) is 2.68. The van der Waals surface area contributed by atoms with E-state index in [4.69, 9.17) is 0 Å². The SMILES string of the molecule is CCCNCCNC(=O)c1cccc(CN2CCCC2)c1. The number of hydrogen-bond donors (Lipinski definition) is 2. The number of rotatable bonds is 8. The minimum atomic E-state index is 0.0246. The third-order valence-corrected chi connectivity index (χ3v) is 3.81. The second kappa shape index (κ2) is 8.80. The molecule has 1 aromatic carbocycles. The van der Waals surface area contributed by atoms with Crippen LogP contribution in [0.15, 0.2) is 24.3 Å². The molecule has 1 heterocycles. The molecule has 1 aliphatic heterocycles. The molecule has 4 heteroatoms. The van der Waals surface area contributed by atoms with Crippen molar-refractivity contribution in [3.63, 3.8) is 0 Å². The van der Waals surface area contributed by atoms with Gasteiger partial charge in [-0.25, -0.2) is 0 Å². The average Bonchev–Trinajstić information content (AvgIpc) is 3.00. The van der Waals surface area contributed by atoms with Crippen molar-refractivity contribution in [1.29, 1.82) is 0 Å². The van der Waals surface area contributed by atoms with E-state index in [0.29, 0.717) is 6.54 Å².